The van der Waals surface area contributed by atoms with Crippen molar-refractivity contribution in [3.8, 4) is 0 Å². The van der Waals surface area contributed by atoms with E-state index < -0.39 is 10.0 Å². The van der Waals surface area contributed by atoms with Crippen LogP contribution in [-0.4, -0.2) is 37.0 Å². The van der Waals surface area contributed by atoms with E-state index in [1.54, 1.807) is 17.9 Å². The Bertz CT molecular complexity index is 467. The number of nitrogens with one attached hydrogen (secondary N) is 2. The van der Waals surface area contributed by atoms with E-state index in [4.69, 9.17) is 0 Å². The van der Waals surface area contributed by atoms with Crippen LogP contribution in [-0.2, 0) is 23.5 Å². The second-order valence-electron chi connectivity index (χ2n) is 4.14. The Kier molecular flexibility index (Phi) is 5.61. The molecule has 0 fully saturated rings. The first-order valence-electron chi connectivity index (χ1n) is 6.22. The molecule has 2 N–H and O–H groups in total. The van der Waals surface area contributed by atoms with Gasteiger partial charge in [0.25, 0.3) is 0 Å². The fraction of sp³-hybridized carbons (Fsp3) is 0.727. The van der Waals surface area contributed by atoms with Gasteiger partial charge in [0, 0.05) is 13.2 Å². The lowest BCUT2D eigenvalue weighted by Crippen LogP contribution is -2.22. The third-order valence-electron chi connectivity index (χ3n) is 2.52. The van der Waals surface area contributed by atoms with E-state index in [-0.39, 0.29) is 5.75 Å². The van der Waals surface area contributed by atoms with Crippen molar-refractivity contribution in [1.82, 2.24) is 15.1 Å². The Morgan fingerprint density at radius 3 is 2.72 bits per heavy atom. The molecule has 104 valence electrons. The Morgan fingerprint density at radius 2 is 2.11 bits per heavy atom. The topological polar surface area (TPSA) is 76.0 Å². The second-order valence-corrected chi connectivity index (χ2v) is 5.99. The zero-order valence-electron chi connectivity index (χ0n) is 11.2. The van der Waals surface area contributed by atoms with Gasteiger partial charge in [-0.2, -0.15) is 5.10 Å². The number of hydrogen-bond donors (Lipinski definition) is 2. The zero-order valence-corrected chi connectivity index (χ0v) is 12.0. The van der Waals surface area contributed by atoms with Crippen LogP contribution in [0.15, 0.2) is 6.20 Å². The van der Waals surface area contributed by atoms with Gasteiger partial charge < -0.3 is 5.32 Å². The summed E-state index contributed by atoms with van der Waals surface area (Å²) in [5.41, 5.74) is 1.36. The number of aryl methyl sites for hydroxylation is 2. The van der Waals surface area contributed by atoms with Crippen molar-refractivity contribution in [3.05, 3.63) is 11.9 Å². The van der Waals surface area contributed by atoms with Crippen molar-refractivity contribution in [2.24, 2.45) is 7.05 Å². The predicted octanol–water partition coefficient (Wildman–Crippen LogP) is 0.724. The van der Waals surface area contributed by atoms with E-state index in [0.717, 1.165) is 12.2 Å². The molecule has 0 aliphatic rings. The number of hydrogen-bond acceptors (Lipinski definition) is 4. The highest BCUT2D eigenvalue weighted by molar-refractivity contribution is 7.92. The maximum Gasteiger partial charge on any atom is 0.232 e. The first kappa shape index (κ1) is 15.0. The van der Waals surface area contributed by atoms with E-state index in [2.05, 4.69) is 15.1 Å². The summed E-state index contributed by atoms with van der Waals surface area (Å²) in [7, 11) is -1.50. The SMILES string of the molecule is CCNCCCS(=O)(=O)Nc1cn(C)nc1CC. The van der Waals surface area contributed by atoms with Gasteiger partial charge in [0.2, 0.25) is 10.0 Å². The van der Waals surface area contributed by atoms with Crippen molar-refractivity contribution in [2.45, 2.75) is 26.7 Å². The average Bonchev–Trinajstić information content (AvgIpc) is 2.64. The largest absolute Gasteiger partial charge is 0.317 e. The summed E-state index contributed by atoms with van der Waals surface area (Å²) in [6.45, 7) is 5.52. The normalized spacial score (nSPS) is 11.7. The Hall–Kier alpha value is -1.08. The lowest BCUT2D eigenvalue weighted by atomic mass is 10.3. The summed E-state index contributed by atoms with van der Waals surface area (Å²) in [5.74, 6) is 0.123. The quantitative estimate of drug-likeness (QED) is 0.685. The summed E-state index contributed by atoms with van der Waals surface area (Å²) in [5, 5.41) is 7.30. The number of sulfonamides is 1. The molecule has 0 atom stereocenters. The lowest BCUT2D eigenvalue weighted by Gasteiger charge is -2.07. The molecule has 0 bridgehead atoms. The maximum absolute atomic E-state index is 11.9. The van der Waals surface area contributed by atoms with Crippen LogP contribution >= 0.6 is 0 Å². The minimum Gasteiger partial charge on any atom is -0.317 e. The molecule has 0 aliphatic heterocycles. The smallest absolute Gasteiger partial charge is 0.232 e. The van der Waals surface area contributed by atoms with Crippen LogP contribution in [0.4, 0.5) is 5.69 Å². The molecule has 0 aliphatic carbocycles. The molecule has 1 aromatic heterocycles. The molecular formula is C11H22N4O2S. The first-order valence-corrected chi connectivity index (χ1v) is 7.87. The van der Waals surface area contributed by atoms with Gasteiger partial charge in [-0.1, -0.05) is 13.8 Å². The third-order valence-corrected chi connectivity index (χ3v) is 3.88. The fourth-order valence-corrected chi connectivity index (χ4v) is 2.80. The molecule has 1 rings (SSSR count). The van der Waals surface area contributed by atoms with Crippen molar-refractivity contribution in [3.63, 3.8) is 0 Å². The van der Waals surface area contributed by atoms with Crippen LogP contribution in [0.5, 0.6) is 0 Å². The van der Waals surface area contributed by atoms with Gasteiger partial charge in [0.1, 0.15) is 0 Å². The predicted molar refractivity (Wildman–Crippen MR) is 73.2 cm³/mol. The number of anilines is 1. The molecule has 0 saturated heterocycles. The number of rotatable bonds is 8. The third kappa shape index (κ3) is 4.66. The van der Waals surface area contributed by atoms with E-state index in [1.165, 1.54) is 0 Å². The summed E-state index contributed by atoms with van der Waals surface area (Å²) in [4.78, 5) is 0. The highest BCUT2D eigenvalue weighted by Gasteiger charge is 2.14. The van der Waals surface area contributed by atoms with Crippen molar-refractivity contribution in [2.75, 3.05) is 23.6 Å². The monoisotopic (exact) mass is 274 g/mol. The number of nitrogens with zero attached hydrogens (tertiary/aromatic N) is 2. The van der Waals surface area contributed by atoms with Crippen LogP contribution in [0.1, 0.15) is 26.0 Å². The van der Waals surface area contributed by atoms with E-state index >= 15 is 0 Å². The highest BCUT2D eigenvalue weighted by Crippen LogP contribution is 2.15. The molecule has 18 heavy (non-hydrogen) atoms. The fourth-order valence-electron chi connectivity index (χ4n) is 1.66. The highest BCUT2D eigenvalue weighted by atomic mass is 32.2. The molecule has 0 radical (unpaired) electrons. The minimum absolute atomic E-state index is 0.123. The molecule has 0 saturated carbocycles. The zero-order chi connectivity index (χ0) is 13.6. The molecular weight excluding hydrogens is 252 g/mol. The molecule has 6 nitrogen and oxygen atoms in total. The standard InChI is InChI=1S/C11H22N4O2S/c1-4-10-11(9-15(3)13-10)14-18(16,17)8-6-7-12-5-2/h9,12,14H,4-8H2,1-3H3. The summed E-state index contributed by atoms with van der Waals surface area (Å²) in [6.07, 6.45) is 3.00. The molecule has 0 spiro atoms. The Morgan fingerprint density at radius 1 is 1.39 bits per heavy atom. The number of aromatic nitrogens is 2. The van der Waals surface area contributed by atoms with Gasteiger partial charge in [-0.3, -0.25) is 9.40 Å². The van der Waals surface area contributed by atoms with Gasteiger partial charge in [0.15, 0.2) is 0 Å². The first-order chi connectivity index (χ1) is 8.48. The summed E-state index contributed by atoms with van der Waals surface area (Å²) in [6, 6.07) is 0. The van der Waals surface area contributed by atoms with Crippen LogP contribution in [0.2, 0.25) is 0 Å². The summed E-state index contributed by atoms with van der Waals surface area (Å²) >= 11 is 0. The molecule has 7 heteroatoms. The van der Waals surface area contributed by atoms with Crippen molar-refractivity contribution >= 4 is 15.7 Å². The van der Waals surface area contributed by atoms with E-state index in [0.29, 0.717) is 25.1 Å². The van der Waals surface area contributed by atoms with Crippen LogP contribution in [0.3, 0.4) is 0 Å². The Balaban J connectivity index is 2.59. The van der Waals surface area contributed by atoms with Gasteiger partial charge in [-0.15, -0.1) is 0 Å². The van der Waals surface area contributed by atoms with Crippen molar-refractivity contribution < 1.29 is 8.42 Å². The van der Waals surface area contributed by atoms with Gasteiger partial charge in [-0.05, 0) is 25.9 Å². The molecule has 0 aromatic carbocycles. The average molecular weight is 274 g/mol. The van der Waals surface area contributed by atoms with Gasteiger partial charge in [0.05, 0.1) is 17.1 Å². The van der Waals surface area contributed by atoms with E-state index in [9.17, 15) is 8.42 Å². The van der Waals surface area contributed by atoms with Gasteiger partial charge >= 0.3 is 0 Å². The Labute approximate surface area is 109 Å². The molecule has 0 amide bonds. The minimum atomic E-state index is -3.28. The van der Waals surface area contributed by atoms with E-state index in [1.807, 2.05) is 13.8 Å². The van der Waals surface area contributed by atoms with Crippen molar-refractivity contribution in [1.29, 1.82) is 0 Å². The molecule has 1 aromatic rings. The van der Waals surface area contributed by atoms with Crippen LogP contribution in [0.25, 0.3) is 0 Å². The van der Waals surface area contributed by atoms with Crippen LogP contribution < -0.4 is 10.0 Å². The second kappa shape index (κ2) is 6.75. The maximum atomic E-state index is 11.9. The van der Waals surface area contributed by atoms with Crippen LogP contribution in [0, 0.1) is 0 Å². The molecule has 1 heterocycles. The summed E-state index contributed by atoms with van der Waals surface area (Å²) < 4.78 is 27.9. The lowest BCUT2D eigenvalue weighted by molar-refractivity contribution is 0.595. The molecule has 0 unspecified atom stereocenters. The van der Waals surface area contributed by atoms with Gasteiger partial charge in [-0.25, -0.2) is 8.42 Å².